The number of aromatic amines is 2. The fourth-order valence-corrected chi connectivity index (χ4v) is 5.87. The van der Waals surface area contributed by atoms with Gasteiger partial charge < -0.3 is 9.88 Å². The molecular weight excluding hydrogens is 484 g/mol. The van der Waals surface area contributed by atoms with Crippen molar-refractivity contribution in [3.8, 4) is 22.6 Å². The standard InChI is InChI=1S/C29H29F2N7/c30-29(31)7-10-37(18-29)17-19-11-20(15-32-14-19)24-13-22-26(16-33-24)35-36-28(22)25-12-21-23(34-25)5-4-6-27(21)38-8-2-1-3-9-38/h4-6,11-16,34H,1-3,7-10,17-18H2,(H,35,36). The summed E-state index contributed by atoms with van der Waals surface area (Å²) in [4.78, 5) is 16.9. The van der Waals surface area contributed by atoms with Gasteiger partial charge >= 0.3 is 0 Å². The monoisotopic (exact) mass is 513 g/mol. The molecule has 1 aromatic carbocycles. The SMILES string of the molecule is FC1(F)CCN(Cc2cncc(-c3cc4c(-c5cc6c(N7CCCCC7)cccc6[nH]5)n[nH]c4cn3)c2)C1. The van der Waals surface area contributed by atoms with E-state index in [2.05, 4.69) is 54.3 Å². The van der Waals surface area contributed by atoms with Gasteiger partial charge in [0, 0.05) is 72.5 Å². The Morgan fingerprint density at radius 3 is 2.66 bits per heavy atom. The molecule has 0 bridgehead atoms. The molecule has 7 rings (SSSR count). The van der Waals surface area contributed by atoms with Crippen molar-refractivity contribution in [3.63, 3.8) is 0 Å². The third kappa shape index (κ3) is 4.30. The normalized spacial score (nSPS) is 18.1. The van der Waals surface area contributed by atoms with Crippen LogP contribution in [-0.4, -0.2) is 62.2 Å². The minimum absolute atomic E-state index is 0.0884. The van der Waals surface area contributed by atoms with E-state index in [1.54, 1.807) is 23.5 Å². The number of alkyl halides is 2. The van der Waals surface area contributed by atoms with Gasteiger partial charge in [0.2, 0.25) is 0 Å². The van der Waals surface area contributed by atoms with E-state index in [4.69, 9.17) is 0 Å². The second-order valence-corrected chi connectivity index (χ2v) is 10.6. The Balaban J connectivity index is 1.22. The van der Waals surface area contributed by atoms with Crippen LogP contribution < -0.4 is 4.90 Å². The van der Waals surface area contributed by atoms with Crippen LogP contribution in [-0.2, 0) is 6.54 Å². The maximum atomic E-state index is 13.6. The van der Waals surface area contributed by atoms with Gasteiger partial charge in [0.05, 0.1) is 29.6 Å². The van der Waals surface area contributed by atoms with Crippen LogP contribution in [0.15, 0.2) is 55.0 Å². The first kappa shape index (κ1) is 23.3. The number of pyridine rings is 2. The minimum atomic E-state index is -2.60. The van der Waals surface area contributed by atoms with E-state index >= 15 is 0 Å². The van der Waals surface area contributed by atoms with E-state index in [0.717, 1.165) is 57.7 Å². The summed E-state index contributed by atoms with van der Waals surface area (Å²) in [5, 5.41) is 9.92. The molecule has 9 heteroatoms. The average molecular weight is 514 g/mol. The third-order valence-electron chi connectivity index (χ3n) is 7.79. The molecule has 2 saturated heterocycles. The molecule has 7 nitrogen and oxygen atoms in total. The first-order valence-electron chi connectivity index (χ1n) is 13.3. The Morgan fingerprint density at radius 2 is 1.82 bits per heavy atom. The maximum Gasteiger partial charge on any atom is 0.261 e. The number of hydrogen-bond donors (Lipinski definition) is 2. The van der Waals surface area contributed by atoms with Crippen molar-refractivity contribution in [3.05, 3.63) is 60.6 Å². The molecule has 2 fully saturated rings. The number of piperidine rings is 1. The zero-order chi connectivity index (χ0) is 25.7. The van der Waals surface area contributed by atoms with Crippen LogP contribution in [0, 0.1) is 0 Å². The Labute approximate surface area is 218 Å². The van der Waals surface area contributed by atoms with Crippen LogP contribution in [0.25, 0.3) is 44.5 Å². The summed E-state index contributed by atoms with van der Waals surface area (Å²) in [6.07, 6.45) is 8.97. The predicted molar refractivity (Wildman–Crippen MR) is 145 cm³/mol. The molecule has 2 aliphatic rings. The van der Waals surface area contributed by atoms with Crippen LogP contribution in [0.5, 0.6) is 0 Å². The van der Waals surface area contributed by atoms with Crippen LogP contribution >= 0.6 is 0 Å². The summed E-state index contributed by atoms with van der Waals surface area (Å²) >= 11 is 0. The summed E-state index contributed by atoms with van der Waals surface area (Å²) in [6.45, 7) is 2.82. The zero-order valence-corrected chi connectivity index (χ0v) is 21.1. The number of rotatable bonds is 5. The topological polar surface area (TPSA) is 76.7 Å². The van der Waals surface area contributed by atoms with Gasteiger partial charge in [-0.3, -0.25) is 20.0 Å². The molecule has 194 valence electrons. The van der Waals surface area contributed by atoms with Crippen molar-refractivity contribution in [1.29, 1.82) is 0 Å². The largest absolute Gasteiger partial charge is 0.371 e. The smallest absolute Gasteiger partial charge is 0.261 e. The molecule has 0 spiro atoms. The van der Waals surface area contributed by atoms with Crippen LogP contribution in [0.4, 0.5) is 14.5 Å². The quantitative estimate of drug-likeness (QED) is 0.302. The summed E-state index contributed by atoms with van der Waals surface area (Å²) in [6, 6.07) is 12.6. The number of hydrogen-bond acceptors (Lipinski definition) is 5. The molecule has 2 aliphatic heterocycles. The van der Waals surface area contributed by atoms with Crippen LogP contribution in [0.3, 0.4) is 0 Å². The molecule has 2 N–H and O–H groups in total. The van der Waals surface area contributed by atoms with Crippen molar-refractivity contribution >= 4 is 27.5 Å². The highest BCUT2D eigenvalue weighted by Gasteiger charge is 2.37. The lowest BCUT2D eigenvalue weighted by Crippen LogP contribution is -2.29. The van der Waals surface area contributed by atoms with E-state index in [-0.39, 0.29) is 13.0 Å². The van der Waals surface area contributed by atoms with Crippen molar-refractivity contribution in [1.82, 2.24) is 30.0 Å². The van der Waals surface area contributed by atoms with Crippen LogP contribution in [0.2, 0.25) is 0 Å². The molecule has 5 aromatic rings. The predicted octanol–water partition coefficient (Wildman–Crippen LogP) is 6.00. The summed E-state index contributed by atoms with van der Waals surface area (Å²) in [5.74, 6) is -2.60. The molecule has 4 aromatic heterocycles. The molecular formula is C29H29F2N7. The number of nitrogens with one attached hydrogen (secondary N) is 2. The van der Waals surface area contributed by atoms with E-state index < -0.39 is 5.92 Å². The molecule has 0 atom stereocenters. The number of H-pyrrole nitrogens is 2. The molecule has 0 unspecified atom stereocenters. The van der Waals surface area contributed by atoms with E-state index in [9.17, 15) is 8.78 Å². The lowest BCUT2D eigenvalue weighted by Gasteiger charge is -2.29. The van der Waals surface area contributed by atoms with Gasteiger partial charge in [-0.25, -0.2) is 8.78 Å². The van der Waals surface area contributed by atoms with Gasteiger partial charge in [0.25, 0.3) is 5.92 Å². The number of benzene rings is 1. The maximum absolute atomic E-state index is 13.6. The molecule has 38 heavy (non-hydrogen) atoms. The van der Waals surface area contributed by atoms with Crippen LogP contribution in [0.1, 0.15) is 31.2 Å². The number of fused-ring (bicyclic) bond motifs is 2. The lowest BCUT2D eigenvalue weighted by molar-refractivity contribution is 0.0115. The average Bonchev–Trinajstić information content (AvgIpc) is 3.64. The van der Waals surface area contributed by atoms with Crippen molar-refractivity contribution in [2.75, 3.05) is 31.1 Å². The molecule has 0 radical (unpaired) electrons. The number of nitrogens with zero attached hydrogens (tertiary/aromatic N) is 5. The minimum Gasteiger partial charge on any atom is -0.371 e. The second-order valence-electron chi connectivity index (χ2n) is 10.6. The number of halogens is 2. The Morgan fingerprint density at radius 1 is 0.921 bits per heavy atom. The highest BCUT2D eigenvalue weighted by Crippen LogP contribution is 2.35. The van der Waals surface area contributed by atoms with Crippen molar-refractivity contribution < 1.29 is 8.78 Å². The highest BCUT2D eigenvalue weighted by molar-refractivity contribution is 6.00. The van der Waals surface area contributed by atoms with Gasteiger partial charge in [-0.1, -0.05) is 6.07 Å². The highest BCUT2D eigenvalue weighted by atomic mass is 19.3. The van der Waals surface area contributed by atoms with Gasteiger partial charge in [-0.15, -0.1) is 0 Å². The Hall–Kier alpha value is -3.85. The molecule has 0 saturated carbocycles. The van der Waals surface area contributed by atoms with Gasteiger partial charge in [-0.05, 0) is 55.2 Å². The number of aromatic nitrogens is 5. The number of anilines is 1. The Bertz CT molecular complexity index is 1620. The Kier molecular flexibility index (Phi) is 5.61. The van der Waals surface area contributed by atoms with Gasteiger partial charge in [-0.2, -0.15) is 5.10 Å². The van der Waals surface area contributed by atoms with Crippen molar-refractivity contribution in [2.45, 2.75) is 38.2 Å². The van der Waals surface area contributed by atoms with Gasteiger partial charge in [0.15, 0.2) is 0 Å². The molecule has 0 aliphatic carbocycles. The molecule has 0 amide bonds. The zero-order valence-electron chi connectivity index (χ0n) is 21.1. The summed E-state index contributed by atoms with van der Waals surface area (Å²) < 4.78 is 27.3. The molecule has 6 heterocycles. The second kappa shape index (κ2) is 9.16. The first-order valence-corrected chi connectivity index (χ1v) is 13.3. The van der Waals surface area contributed by atoms with E-state index in [1.165, 1.54) is 30.3 Å². The van der Waals surface area contributed by atoms with E-state index in [1.807, 2.05) is 12.1 Å². The first-order chi connectivity index (χ1) is 18.5. The van der Waals surface area contributed by atoms with Gasteiger partial charge in [0.1, 0.15) is 5.69 Å². The van der Waals surface area contributed by atoms with E-state index in [0.29, 0.717) is 13.1 Å². The van der Waals surface area contributed by atoms with Crippen molar-refractivity contribution in [2.24, 2.45) is 0 Å². The number of likely N-dealkylation sites (tertiary alicyclic amines) is 1. The lowest BCUT2D eigenvalue weighted by atomic mass is 10.1. The summed E-state index contributed by atoms with van der Waals surface area (Å²) in [7, 11) is 0. The fraction of sp³-hybridized carbons (Fsp3) is 0.345. The summed E-state index contributed by atoms with van der Waals surface area (Å²) in [5.41, 5.74) is 7.53. The third-order valence-corrected chi connectivity index (χ3v) is 7.79. The fourth-order valence-electron chi connectivity index (χ4n) is 5.87.